The van der Waals surface area contributed by atoms with E-state index in [9.17, 15) is 14.4 Å². The van der Waals surface area contributed by atoms with Gasteiger partial charge in [0.25, 0.3) is 0 Å². The second-order valence-corrected chi connectivity index (χ2v) is 3.26. The lowest BCUT2D eigenvalue weighted by Crippen LogP contribution is -2.10. The molecule has 1 unspecified atom stereocenters. The Balaban J connectivity index is 2.91. The molecule has 0 aliphatic carbocycles. The van der Waals surface area contributed by atoms with Crippen LogP contribution in [0, 0.1) is 5.92 Å². The van der Waals surface area contributed by atoms with Crippen LogP contribution in [0.25, 0.3) is 0 Å². The number of carbonyl (C=O) groups excluding carboxylic acids is 3. The standard InChI is InChI=1S/C10H12O5/c1-6(15-7(2)12)9-8(3-4-11)5-14-10(9)13/h4,8H,3,5H2,1-2H3/b9-6-. The van der Waals surface area contributed by atoms with Crippen molar-refractivity contribution >= 4 is 18.2 Å². The molecule has 1 rings (SSSR count). The Morgan fingerprint density at radius 2 is 2.27 bits per heavy atom. The first-order chi connectivity index (χ1) is 7.06. The van der Waals surface area contributed by atoms with Crippen LogP contribution in [0.5, 0.6) is 0 Å². The quantitative estimate of drug-likeness (QED) is 0.296. The summed E-state index contributed by atoms with van der Waals surface area (Å²) in [5.74, 6) is -1.09. The van der Waals surface area contributed by atoms with Gasteiger partial charge in [0.05, 0.1) is 12.2 Å². The maximum atomic E-state index is 11.3. The third-order valence-corrected chi connectivity index (χ3v) is 2.10. The minimum atomic E-state index is -0.513. The molecule has 1 saturated heterocycles. The fraction of sp³-hybridized carbons (Fsp3) is 0.500. The Morgan fingerprint density at radius 3 is 2.80 bits per heavy atom. The Hall–Kier alpha value is -1.65. The van der Waals surface area contributed by atoms with E-state index < -0.39 is 11.9 Å². The third-order valence-electron chi connectivity index (χ3n) is 2.10. The van der Waals surface area contributed by atoms with E-state index in [1.54, 1.807) is 0 Å². The third kappa shape index (κ3) is 2.65. The Labute approximate surface area is 87.0 Å². The summed E-state index contributed by atoms with van der Waals surface area (Å²) in [5, 5.41) is 0. The van der Waals surface area contributed by atoms with E-state index in [1.807, 2.05) is 0 Å². The summed E-state index contributed by atoms with van der Waals surface area (Å²) < 4.78 is 9.59. The van der Waals surface area contributed by atoms with Gasteiger partial charge in [0, 0.05) is 19.3 Å². The molecule has 0 amide bonds. The molecule has 5 heteroatoms. The average Bonchev–Trinajstić information content (AvgIpc) is 2.46. The number of carbonyl (C=O) groups is 3. The van der Waals surface area contributed by atoms with Gasteiger partial charge in [-0.05, 0) is 6.92 Å². The molecule has 0 saturated carbocycles. The van der Waals surface area contributed by atoms with Crippen LogP contribution in [-0.2, 0) is 23.9 Å². The summed E-state index contributed by atoms with van der Waals surface area (Å²) in [7, 11) is 0. The van der Waals surface area contributed by atoms with Crippen molar-refractivity contribution in [3.63, 3.8) is 0 Å². The average molecular weight is 212 g/mol. The highest BCUT2D eigenvalue weighted by Crippen LogP contribution is 2.27. The molecule has 0 spiro atoms. The van der Waals surface area contributed by atoms with E-state index >= 15 is 0 Å². The molecule has 0 N–H and O–H groups in total. The highest BCUT2D eigenvalue weighted by molar-refractivity contribution is 5.92. The zero-order chi connectivity index (χ0) is 11.4. The molecule has 0 bridgehead atoms. The molecule has 15 heavy (non-hydrogen) atoms. The predicted octanol–water partition coefficient (Wildman–Crippen LogP) is 0.585. The van der Waals surface area contributed by atoms with Crippen molar-refractivity contribution in [1.82, 2.24) is 0 Å². The largest absolute Gasteiger partial charge is 0.462 e. The summed E-state index contributed by atoms with van der Waals surface area (Å²) in [6.45, 7) is 2.94. The molecule has 1 fully saturated rings. The Bertz CT molecular complexity index is 329. The maximum Gasteiger partial charge on any atom is 0.337 e. The Kier molecular flexibility index (Phi) is 3.60. The van der Waals surface area contributed by atoms with Crippen molar-refractivity contribution in [3.05, 3.63) is 11.3 Å². The molecule has 1 atom stereocenters. The predicted molar refractivity (Wildman–Crippen MR) is 49.6 cm³/mol. The van der Waals surface area contributed by atoms with Gasteiger partial charge in [0.15, 0.2) is 0 Å². The number of ether oxygens (including phenoxy) is 2. The van der Waals surface area contributed by atoms with Gasteiger partial charge >= 0.3 is 11.9 Å². The summed E-state index contributed by atoms with van der Waals surface area (Å²) >= 11 is 0. The van der Waals surface area contributed by atoms with Crippen LogP contribution in [0.15, 0.2) is 11.3 Å². The summed E-state index contributed by atoms with van der Waals surface area (Å²) in [6, 6.07) is 0. The van der Waals surface area contributed by atoms with E-state index in [-0.39, 0.29) is 30.3 Å². The van der Waals surface area contributed by atoms with E-state index in [0.717, 1.165) is 0 Å². The van der Waals surface area contributed by atoms with Crippen LogP contribution < -0.4 is 0 Å². The van der Waals surface area contributed by atoms with Crippen molar-refractivity contribution in [2.45, 2.75) is 20.3 Å². The van der Waals surface area contributed by atoms with E-state index in [2.05, 4.69) is 0 Å². The molecule has 1 heterocycles. The highest BCUT2D eigenvalue weighted by atomic mass is 16.6. The van der Waals surface area contributed by atoms with Crippen LogP contribution in [0.3, 0.4) is 0 Å². The molecule has 0 aromatic rings. The van der Waals surface area contributed by atoms with Crippen molar-refractivity contribution in [1.29, 1.82) is 0 Å². The monoisotopic (exact) mass is 212 g/mol. The van der Waals surface area contributed by atoms with Gasteiger partial charge in [-0.2, -0.15) is 0 Å². The van der Waals surface area contributed by atoms with Gasteiger partial charge < -0.3 is 14.3 Å². The molecule has 1 aliphatic heterocycles. The summed E-state index contributed by atoms with van der Waals surface area (Å²) in [6.07, 6.45) is 0.910. The van der Waals surface area contributed by atoms with Crippen molar-refractivity contribution in [2.24, 2.45) is 5.92 Å². The van der Waals surface area contributed by atoms with Gasteiger partial charge in [0.1, 0.15) is 12.0 Å². The lowest BCUT2D eigenvalue weighted by Gasteiger charge is -2.07. The first kappa shape index (κ1) is 11.4. The molecule has 0 aromatic carbocycles. The fourth-order valence-corrected chi connectivity index (χ4v) is 1.51. The second-order valence-electron chi connectivity index (χ2n) is 3.26. The second kappa shape index (κ2) is 4.72. The van der Waals surface area contributed by atoms with Gasteiger partial charge in [0.2, 0.25) is 0 Å². The molecule has 82 valence electrons. The van der Waals surface area contributed by atoms with Crippen LogP contribution in [-0.4, -0.2) is 24.8 Å². The van der Waals surface area contributed by atoms with Crippen molar-refractivity contribution in [2.75, 3.05) is 6.61 Å². The summed E-state index contributed by atoms with van der Waals surface area (Å²) in [4.78, 5) is 32.4. The number of cyclic esters (lactones) is 1. The topological polar surface area (TPSA) is 69.7 Å². The lowest BCUT2D eigenvalue weighted by molar-refractivity contribution is -0.137. The zero-order valence-corrected chi connectivity index (χ0v) is 8.61. The summed E-state index contributed by atoms with van der Waals surface area (Å²) in [5.41, 5.74) is 0.289. The number of hydrogen-bond donors (Lipinski definition) is 0. The SMILES string of the molecule is CC(=O)O/C(C)=C1\C(=O)OCC1CC=O. The first-order valence-corrected chi connectivity index (χ1v) is 4.56. The first-order valence-electron chi connectivity index (χ1n) is 4.56. The number of aldehydes is 1. The van der Waals surface area contributed by atoms with Crippen LogP contribution in [0.2, 0.25) is 0 Å². The maximum absolute atomic E-state index is 11.3. The normalized spacial score (nSPS) is 23.3. The molecule has 1 aliphatic rings. The highest BCUT2D eigenvalue weighted by Gasteiger charge is 2.33. The smallest absolute Gasteiger partial charge is 0.337 e. The lowest BCUT2D eigenvalue weighted by atomic mass is 9.98. The van der Waals surface area contributed by atoms with Gasteiger partial charge in [-0.1, -0.05) is 0 Å². The van der Waals surface area contributed by atoms with Gasteiger partial charge in [-0.15, -0.1) is 0 Å². The zero-order valence-electron chi connectivity index (χ0n) is 8.61. The minimum Gasteiger partial charge on any atom is -0.462 e. The van der Waals surface area contributed by atoms with Crippen LogP contribution in [0.1, 0.15) is 20.3 Å². The number of esters is 2. The molecule has 5 nitrogen and oxygen atoms in total. The van der Waals surface area contributed by atoms with E-state index in [1.165, 1.54) is 13.8 Å². The minimum absolute atomic E-state index is 0.172. The molecule has 0 radical (unpaired) electrons. The van der Waals surface area contributed by atoms with Crippen LogP contribution in [0.4, 0.5) is 0 Å². The number of allylic oxidation sites excluding steroid dienone is 1. The molecular formula is C10H12O5. The number of hydrogen-bond acceptors (Lipinski definition) is 5. The van der Waals surface area contributed by atoms with E-state index in [0.29, 0.717) is 6.29 Å². The Morgan fingerprint density at radius 1 is 1.60 bits per heavy atom. The van der Waals surface area contributed by atoms with Crippen molar-refractivity contribution < 1.29 is 23.9 Å². The van der Waals surface area contributed by atoms with E-state index in [4.69, 9.17) is 9.47 Å². The molecule has 0 aromatic heterocycles. The van der Waals surface area contributed by atoms with Gasteiger partial charge in [-0.3, -0.25) is 4.79 Å². The molecular weight excluding hydrogens is 200 g/mol. The van der Waals surface area contributed by atoms with Gasteiger partial charge in [-0.25, -0.2) is 4.79 Å². The van der Waals surface area contributed by atoms with Crippen LogP contribution >= 0.6 is 0 Å². The fourth-order valence-electron chi connectivity index (χ4n) is 1.51. The van der Waals surface area contributed by atoms with Crippen molar-refractivity contribution in [3.8, 4) is 0 Å². The number of rotatable bonds is 3.